The summed E-state index contributed by atoms with van der Waals surface area (Å²) in [6, 6.07) is 0.0527. The summed E-state index contributed by atoms with van der Waals surface area (Å²) in [5.41, 5.74) is -0.326. The molecule has 0 rings (SSSR count). The Morgan fingerprint density at radius 3 is 2.23 bits per heavy atom. The zero-order valence-electron chi connectivity index (χ0n) is 8.67. The van der Waals surface area contributed by atoms with Crippen molar-refractivity contribution in [2.24, 2.45) is 0 Å². The minimum Gasteiger partial charge on any atom is -0.465 e. The van der Waals surface area contributed by atoms with E-state index in [1.54, 1.807) is 0 Å². The van der Waals surface area contributed by atoms with Gasteiger partial charge in [0.2, 0.25) is 0 Å². The molecule has 0 aromatic rings. The van der Waals surface area contributed by atoms with E-state index >= 15 is 0 Å². The van der Waals surface area contributed by atoms with Gasteiger partial charge in [-0.2, -0.15) is 0 Å². The Balaban J connectivity index is 4.52. The average molecular weight is 252 g/mol. The van der Waals surface area contributed by atoms with Crippen LogP contribution in [0.1, 0.15) is 34.1 Å². The number of halogens is 1. The maximum absolute atomic E-state index is 11.0. The van der Waals surface area contributed by atoms with Gasteiger partial charge in [-0.05, 0) is 34.1 Å². The van der Waals surface area contributed by atoms with Crippen molar-refractivity contribution >= 4 is 22.0 Å². The maximum atomic E-state index is 11.0. The Morgan fingerprint density at radius 1 is 1.54 bits per heavy atom. The normalized spacial score (nSPS) is 13.9. The first-order chi connectivity index (χ1) is 5.80. The van der Waals surface area contributed by atoms with E-state index in [2.05, 4.69) is 15.9 Å². The van der Waals surface area contributed by atoms with Crippen LogP contribution in [0.3, 0.4) is 0 Å². The van der Waals surface area contributed by atoms with Crippen molar-refractivity contribution in [2.45, 2.75) is 45.7 Å². The molecule has 1 atom stereocenters. The minimum absolute atomic E-state index is 0.0527. The molecule has 78 valence electrons. The molecule has 0 spiro atoms. The van der Waals surface area contributed by atoms with E-state index in [1.165, 1.54) is 4.90 Å². The van der Waals surface area contributed by atoms with Crippen LogP contribution in [0.2, 0.25) is 0 Å². The molecule has 1 amide bonds. The Hall–Kier alpha value is -0.250. The molecule has 0 unspecified atom stereocenters. The molecular weight excluding hydrogens is 234 g/mol. The first-order valence-corrected chi connectivity index (χ1v) is 5.51. The van der Waals surface area contributed by atoms with E-state index in [4.69, 9.17) is 5.11 Å². The molecule has 1 N–H and O–H groups in total. The van der Waals surface area contributed by atoms with Crippen molar-refractivity contribution < 1.29 is 9.90 Å². The summed E-state index contributed by atoms with van der Waals surface area (Å²) in [4.78, 5) is 12.5. The number of carboxylic acid groups (broad SMARTS) is 1. The number of hydrogen-bond donors (Lipinski definition) is 1. The van der Waals surface area contributed by atoms with Crippen molar-refractivity contribution in [2.75, 3.05) is 5.33 Å². The summed E-state index contributed by atoms with van der Waals surface area (Å²) in [6.45, 7) is 7.66. The summed E-state index contributed by atoms with van der Waals surface area (Å²) < 4.78 is 0. The molecule has 0 heterocycles. The molecule has 0 fully saturated rings. The number of hydrogen-bond acceptors (Lipinski definition) is 1. The Labute approximate surface area is 88.2 Å². The maximum Gasteiger partial charge on any atom is 0.407 e. The SMILES string of the molecule is C[C@@H](CCBr)N(C(=O)O)C(C)(C)C. The molecule has 4 heteroatoms. The lowest BCUT2D eigenvalue weighted by molar-refractivity contribution is 0.0748. The van der Waals surface area contributed by atoms with Crippen LogP contribution in [0.15, 0.2) is 0 Å². The zero-order valence-corrected chi connectivity index (χ0v) is 10.3. The zero-order chi connectivity index (χ0) is 10.6. The molecule has 0 aromatic carbocycles. The van der Waals surface area contributed by atoms with Gasteiger partial charge in [-0.25, -0.2) is 4.79 Å². The van der Waals surface area contributed by atoms with Gasteiger partial charge in [0, 0.05) is 16.9 Å². The van der Waals surface area contributed by atoms with Crippen LogP contribution in [0.5, 0.6) is 0 Å². The van der Waals surface area contributed by atoms with E-state index in [-0.39, 0.29) is 11.6 Å². The molecule has 0 aromatic heterocycles. The van der Waals surface area contributed by atoms with Crippen LogP contribution < -0.4 is 0 Å². The molecule has 13 heavy (non-hydrogen) atoms. The highest BCUT2D eigenvalue weighted by Crippen LogP contribution is 2.19. The number of carbonyl (C=O) groups is 1. The van der Waals surface area contributed by atoms with Gasteiger partial charge in [-0.1, -0.05) is 15.9 Å². The molecule has 0 saturated carbocycles. The van der Waals surface area contributed by atoms with Gasteiger partial charge in [-0.15, -0.1) is 0 Å². The summed E-state index contributed by atoms with van der Waals surface area (Å²) in [6.07, 6.45) is -0.00947. The number of alkyl halides is 1. The molecule has 0 aliphatic carbocycles. The Bertz CT molecular complexity index is 177. The highest BCUT2D eigenvalue weighted by molar-refractivity contribution is 9.09. The average Bonchev–Trinajstić information content (AvgIpc) is 1.82. The topological polar surface area (TPSA) is 40.5 Å². The van der Waals surface area contributed by atoms with Crippen molar-refractivity contribution in [3.63, 3.8) is 0 Å². The van der Waals surface area contributed by atoms with Gasteiger partial charge >= 0.3 is 6.09 Å². The highest BCUT2D eigenvalue weighted by Gasteiger charge is 2.29. The lowest BCUT2D eigenvalue weighted by atomic mass is 10.0. The molecule has 0 bridgehead atoms. The second kappa shape index (κ2) is 4.84. The number of nitrogens with zero attached hydrogens (tertiary/aromatic N) is 1. The molecule has 3 nitrogen and oxygen atoms in total. The van der Waals surface area contributed by atoms with Gasteiger partial charge in [0.05, 0.1) is 0 Å². The fourth-order valence-corrected chi connectivity index (χ4v) is 2.09. The molecule has 0 aliphatic heterocycles. The third-order valence-electron chi connectivity index (χ3n) is 1.90. The standard InChI is InChI=1S/C9H18BrNO2/c1-7(5-6-10)11(8(12)13)9(2,3)4/h7H,5-6H2,1-4H3,(H,12,13)/t7-/m0/s1. The molecule has 0 aliphatic rings. The predicted octanol–water partition coefficient (Wildman–Crippen LogP) is 2.94. The monoisotopic (exact) mass is 251 g/mol. The van der Waals surface area contributed by atoms with Crippen molar-refractivity contribution in [3.05, 3.63) is 0 Å². The Morgan fingerprint density at radius 2 is 2.00 bits per heavy atom. The van der Waals surface area contributed by atoms with Crippen LogP contribution >= 0.6 is 15.9 Å². The van der Waals surface area contributed by atoms with Crippen LogP contribution in [0.25, 0.3) is 0 Å². The van der Waals surface area contributed by atoms with Gasteiger partial charge in [-0.3, -0.25) is 0 Å². The number of amides is 1. The first kappa shape index (κ1) is 12.8. The summed E-state index contributed by atoms with van der Waals surface area (Å²) in [5.74, 6) is 0. The van der Waals surface area contributed by atoms with Crippen molar-refractivity contribution in [1.82, 2.24) is 4.90 Å². The van der Waals surface area contributed by atoms with Crippen molar-refractivity contribution in [1.29, 1.82) is 0 Å². The van der Waals surface area contributed by atoms with Gasteiger partial charge in [0.25, 0.3) is 0 Å². The fraction of sp³-hybridized carbons (Fsp3) is 0.889. The smallest absolute Gasteiger partial charge is 0.407 e. The Kier molecular flexibility index (Phi) is 4.75. The van der Waals surface area contributed by atoms with Gasteiger partial charge in [0.1, 0.15) is 0 Å². The third-order valence-corrected chi connectivity index (χ3v) is 2.35. The lowest BCUT2D eigenvalue weighted by Gasteiger charge is -2.37. The molecule has 0 saturated heterocycles. The van der Waals surface area contributed by atoms with Gasteiger partial charge in [0.15, 0.2) is 0 Å². The van der Waals surface area contributed by atoms with Crippen LogP contribution in [-0.2, 0) is 0 Å². The second-order valence-electron chi connectivity index (χ2n) is 4.15. The van der Waals surface area contributed by atoms with E-state index < -0.39 is 6.09 Å². The van der Waals surface area contributed by atoms with E-state index in [0.29, 0.717) is 0 Å². The largest absolute Gasteiger partial charge is 0.465 e. The summed E-state index contributed by atoms with van der Waals surface area (Å²) in [7, 11) is 0. The quantitative estimate of drug-likeness (QED) is 0.784. The van der Waals surface area contributed by atoms with Gasteiger partial charge < -0.3 is 10.0 Å². The lowest BCUT2D eigenvalue weighted by Crippen LogP contribution is -2.50. The van der Waals surface area contributed by atoms with Crippen molar-refractivity contribution in [3.8, 4) is 0 Å². The van der Waals surface area contributed by atoms with Crippen LogP contribution in [-0.4, -0.2) is 33.0 Å². The summed E-state index contributed by atoms with van der Waals surface area (Å²) in [5, 5.41) is 9.84. The predicted molar refractivity (Wildman–Crippen MR) is 57.5 cm³/mol. The third kappa shape index (κ3) is 3.98. The minimum atomic E-state index is -0.846. The fourth-order valence-electron chi connectivity index (χ4n) is 1.42. The van der Waals surface area contributed by atoms with E-state index in [1.807, 2.05) is 27.7 Å². The van der Waals surface area contributed by atoms with E-state index in [0.717, 1.165) is 11.8 Å². The van der Waals surface area contributed by atoms with Crippen LogP contribution in [0.4, 0.5) is 4.79 Å². The van der Waals surface area contributed by atoms with E-state index in [9.17, 15) is 4.79 Å². The summed E-state index contributed by atoms with van der Waals surface area (Å²) >= 11 is 3.31. The molecular formula is C9H18BrNO2. The second-order valence-corrected chi connectivity index (χ2v) is 4.94. The van der Waals surface area contributed by atoms with Crippen LogP contribution in [0, 0.1) is 0 Å². The molecule has 0 radical (unpaired) electrons. The number of rotatable bonds is 3. The highest BCUT2D eigenvalue weighted by atomic mass is 79.9. The first-order valence-electron chi connectivity index (χ1n) is 4.39.